The Hall–Kier alpha value is -6.13. The van der Waals surface area contributed by atoms with Gasteiger partial charge in [0.15, 0.2) is 47.2 Å². The van der Waals surface area contributed by atoms with Crippen LogP contribution in [-0.2, 0) is 40.4 Å². The summed E-state index contributed by atoms with van der Waals surface area (Å²) in [6.07, 6.45) is -13.9. The summed E-state index contributed by atoms with van der Waals surface area (Å²) < 4.78 is 35.7. The van der Waals surface area contributed by atoms with Crippen LogP contribution in [0.5, 0.6) is 23.0 Å². The molecule has 4 aromatic rings. The van der Waals surface area contributed by atoms with Gasteiger partial charge in [-0.05, 0) is 73.0 Å². The molecule has 19 nitrogen and oxygen atoms in total. The molecular weight excluding hydrogens is 840 g/mol. The Labute approximate surface area is 363 Å². The fourth-order valence-electron chi connectivity index (χ4n) is 9.00. The maximum Gasteiger partial charge on any atom is 0.331 e. The van der Waals surface area contributed by atoms with Crippen LogP contribution in [-0.4, -0.2) is 139 Å². The van der Waals surface area contributed by atoms with Gasteiger partial charge >= 0.3 is 5.97 Å². The average molecular weight is 885 g/mol. The summed E-state index contributed by atoms with van der Waals surface area (Å²) >= 11 is 0. The lowest BCUT2D eigenvalue weighted by molar-refractivity contribution is -0.357. The molecule has 4 aromatic carbocycles. The Balaban J connectivity index is 0.999. The van der Waals surface area contributed by atoms with Gasteiger partial charge < -0.3 is 79.9 Å². The summed E-state index contributed by atoms with van der Waals surface area (Å²) in [5.74, 6) is -3.39. The first-order valence-corrected chi connectivity index (χ1v) is 20.4. The number of fused-ring (bicyclic) bond motifs is 5. The summed E-state index contributed by atoms with van der Waals surface area (Å²) in [5, 5.41) is 91.2. The number of carbonyl (C=O) groups excluding carboxylic acids is 3. The number of benzene rings is 4. The highest BCUT2D eigenvalue weighted by molar-refractivity contribution is 6.24. The van der Waals surface area contributed by atoms with Crippen molar-refractivity contribution in [3.8, 4) is 23.0 Å². The molecule has 10 N–H and O–H groups in total. The first kappa shape index (κ1) is 43.1. The average Bonchev–Trinajstić information content (AvgIpc) is 3.87. The molecule has 9 rings (SSSR count). The number of ketones is 2. The van der Waals surface area contributed by atoms with Crippen LogP contribution in [0.15, 0.2) is 84.9 Å². The molecular formula is C45H44N2O17. The van der Waals surface area contributed by atoms with E-state index in [0.29, 0.717) is 22.5 Å². The molecule has 19 heteroatoms. The van der Waals surface area contributed by atoms with Gasteiger partial charge in [-0.25, -0.2) is 4.79 Å². The van der Waals surface area contributed by atoms with E-state index < -0.39 is 103 Å². The molecule has 0 unspecified atom stereocenters. The lowest BCUT2D eigenvalue weighted by Crippen LogP contribution is -2.65. The maximum atomic E-state index is 14.8. The van der Waals surface area contributed by atoms with Gasteiger partial charge in [0.05, 0.1) is 19.3 Å². The zero-order valence-electron chi connectivity index (χ0n) is 33.8. The number of carbonyl (C=O) groups is 3. The van der Waals surface area contributed by atoms with Crippen molar-refractivity contribution in [3.63, 3.8) is 0 Å². The number of aliphatic hydroxyl groups is 5. The topological polar surface area (TPSA) is 292 Å². The second-order valence-electron chi connectivity index (χ2n) is 16.1. The number of hydrogen-bond acceptors (Lipinski definition) is 19. The van der Waals surface area contributed by atoms with Crippen LogP contribution in [0.25, 0.3) is 6.08 Å². The van der Waals surface area contributed by atoms with E-state index in [-0.39, 0.29) is 47.0 Å². The van der Waals surface area contributed by atoms with Crippen molar-refractivity contribution >= 4 is 35.0 Å². The van der Waals surface area contributed by atoms with Crippen LogP contribution in [0.1, 0.15) is 44.3 Å². The first-order chi connectivity index (χ1) is 30.7. The number of nitrogens with one attached hydrogen (secondary N) is 2. The van der Waals surface area contributed by atoms with Crippen molar-refractivity contribution in [2.75, 3.05) is 23.8 Å². The molecule has 0 bridgehead atoms. The van der Waals surface area contributed by atoms with Crippen LogP contribution in [0.3, 0.4) is 0 Å². The standard InChI is InChI=1S/C45H44N2O17/c1-20-33(53)34(54)35(55)43(60-20)63-39-36(56)42(61-30(19-48)38(39)62-31(52)15-11-21-10-13-27(49)29(51)18-21)59-17-16-22-12-14-28(50)37-32(22)44(40(57)23-6-2-4-8-25(23)46-44)45(64-37)41(58)24-7-3-5-9-26(24)47-45/h2-15,18,20,30,33-36,38-39,42-43,46-51,53-56H,16-17,19H2,1H3/b15-11+/t20-,30+,33-,34+,35+,36+,38+,39+,42+,43-,44-,45+/m0/s1. The number of ether oxygens (including phenoxy) is 6. The molecule has 0 radical (unpaired) electrons. The number of esters is 1. The van der Waals surface area contributed by atoms with Crippen molar-refractivity contribution < 1.29 is 83.7 Å². The van der Waals surface area contributed by atoms with E-state index in [0.717, 1.165) is 6.08 Å². The normalized spacial score (nSPS) is 32.5. The minimum absolute atomic E-state index is 0.0553. The zero-order valence-corrected chi connectivity index (χ0v) is 33.8. The number of hydrogen-bond donors (Lipinski definition) is 10. The molecule has 5 aliphatic heterocycles. The number of aromatic hydroxyl groups is 3. The Bertz CT molecular complexity index is 2530. The predicted octanol–water partition coefficient (Wildman–Crippen LogP) is 1.18. The minimum atomic E-state index is -2.08. The second-order valence-corrected chi connectivity index (χ2v) is 16.1. The Kier molecular flexibility index (Phi) is 11.1. The van der Waals surface area contributed by atoms with E-state index in [4.69, 9.17) is 28.4 Å². The molecule has 0 aliphatic carbocycles. The minimum Gasteiger partial charge on any atom is -0.504 e. The van der Waals surface area contributed by atoms with Gasteiger partial charge in [-0.3, -0.25) is 9.59 Å². The van der Waals surface area contributed by atoms with Crippen molar-refractivity contribution in [2.24, 2.45) is 0 Å². The van der Waals surface area contributed by atoms with Gasteiger partial charge in [0.1, 0.15) is 36.6 Å². The SMILES string of the molecule is C[C@@H]1O[C@@H](O[C@@H]2[C@@H](O)[C@H](OCCc3ccc(O)c4c3[C@@]3(Nc5ccccc5C3=O)[C@]3(Nc5ccccc5C3=O)O4)O[C@H](CO)[C@H]2OC(=O)/C=C/c2ccc(O)c(O)c2)[C@H](O)[C@H](O)[C@H]1O. The molecule has 5 heterocycles. The van der Waals surface area contributed by atoms with Crippen molar-refractivity contribution in [3.05, 3.63) is 113 Å². The van der Waals surface area contributed by atoms with Crippen LogP contribution in [0.2, 0.25) is 0 Å². The van der Waals surface area contributed by atoms with Crippen LogP contribution in [0, 0.1) is 0 Å². The molecule has 2 fully saturated rings. The molecule has 0 aromatic heterocycles. The number of rotatable bonds is 10. The third-order valence-corrected chi connectivity index (χ3v) is 12.2. The van der Waals surface area contributed by atoms with Crippen LogP contribution in [0.4, 0.5) is 11.4 Å². The maximum absolute atomic E-state index is 14.8. The van der Waals surface area contributed by atoms with Crippen LogP contribution >= 0.6 is 0 Å². The summed E-state index contributed by atoms with van der Waals surface area (Å²) in [4.78, 5) is 42.5. The van der Waals surface area contributed by atoms with Crippen LogP contribution < -0.4 is 15.4 Å². The van der Waals surface area contributed by atoms with Gasteiger partial charge in [0, 0.05) is 34.1 Å². The van der Waals surface area contributed by atoms with E-state index >= 15 is 0 Å². The number of para-hydroxylation sites is 2. The molecule has 336 valence electrons. The van der Waals surface area contributed by atoms with Gasteiger partial charge in [0.25, 0.3) is 5.72 Å². The van der Waals surface area contributed by atoms with E-state index in [2.05, 4.69) is 10.6 Å². The number of phenolic OH excluding ortho intramolecular Hbond substituents is 3. The number of anilines is 2. The molecule has 12 atom stereocenters. The van der Waals surface area contributed by atoms with Crippen molar-refractivity contribution in [1.82, 2.24) is 0 Å². The number of phenols is 3. The fraction of sp³-hybridized carbons (Fsp3) is 0.356. The highest BCUT2D eigenvalue weighted by atomic mass is 16.7. The highest BCUT2D eigenvalue weighted by Gasteiger charge is 2.74. The van der Waals surface area contributed by atoms with Gasteiger partial charge in [-0.15, -0.1) is 0 Å². The second kappa shape index (κ2) is 16.5. The largest absolute Gasteiger partial charge is 0.504 e. The summed E-state index contributed by atoms with van der Waals surface area (Å²) in [5.41, 5.74) is -1.78. The van der Waals surface area contributed by atoms with E-state index in [9.17, 15) is 55.2 Å². The smallest absolute Gasteiger partial charge is 0.331 e. The van der Waals surface area contributed by atoms with E-state index in [1.165, 1.54) is 43.3 Å². The third-order valence-electron chi connectivity index (χ3n) is 12.2. The summed E-state index contributed by atoms with van der Waals surface area (Å²) in [6.45, 7) is 0.300. The lowest BCUT2D eigenvalue weighted by Gasteiger charge is -2.46. The predicted molar refractivity (Wildman–Crippen MR) is 219 cm³/mol. The van der Waals surface area contributed by atoms with Gasteiger partial charge in [-0.1, -0.05) is 36.4 Å². The lowest BCUT2D eigenvalue weighted by atomic mass is 9.74. The third kappa shape index (κ3) is 6.84. The quantitative estimate of drug-likeness (QED) is 0.0608. The van der Waals surface area contributed by atoms with Crippen molar-refractivity contribution in [1.29, 1.82) is 0 Å². The van der Waals surface area contributed by atoms with Gasteiger partial charge in [-0.2, -0.15) is 0 Å². The van der Waals surface area contributed by atoms with E-state index in [1.54, 1.807) is 48.5 Å². The summed E-state index contributed by atoms with van der Waals surface area (Å²) in [7, 11) is 0. The molecule has 5 aliphatic rings. The Morgan fingerprint density at radius 2 is 1.45 bits per heavy atom. The fourth-order valence-corrected chi connectivity index (χ4v) is 9.00. The molecule has 2 spiro atoms. The number of aliphatic hydroxyl groups excluding tert-OH is 5. The number of Topliss-reactive ketones (excluding diaryl/α,β-unsaturated/α-hetero) is 2. The Morgan fingerprint density at radius 3 is 2.14 bits per heavy atom. The molecule has 2 saturated heterocycles. The van der Waals surface area contributed by atoms with Crippen molar-refractivity contribution in [2.45, 2.75) is 86.0 Å². The zero-order chi connectivity index (χ0) is 45.2. The molecule has 0 amide bonds. The summed E-state index contributed by atoms with van der Waals surface area (Å²) in [6, 6.07) is 20.1. The molecule has 64 heavy (non-hydrogen) atoms. The van der Waals surface area contributed by atoms with E-state index in [1.807, 2.05) is 0 Å². The van der Waals surface area contributed by atoms with Gasteiger partial charge in [0.2, 0.25) is 11.6 Å². The first-order valence-electron chi connectivity index (χ1n) is 20.4. The monoisotopic (exact) mass is 884 g/mol. The Morgan fingerprint density at radius 1 is 0.766 bits per heavy atom. The highest BCUT2D eigenvalue weighted by Crippen LogP contribution is 2.61. The molecule has 0 saturated carbocycles.